The number of rotatable bonds is 10. The van der Waals surface area contributed by atoms with Gasteiger partial charge in [0, 0.05) is 64.2 Å². The predicted octanol–water partition coefficient (Wildman–Crippen LogP) is 3.21. The normalized spacial score (nSPS) is 19.1. The lowest BCUT2D eigenvalue weighted by molar-refractivity contribution is -0.122. The Labute approximate surface area is 405 Å². The number of aromatic nitrogens is 6. The summed E-state index contributed by atoms with van der Waals surface area (Å²) in [5.74, 6) is 13.2. The van der Waals surface area contributed by atoms with Crippen molar-refractivity contribution in [3.05, 3.63) is 143 Å². The molecule has 9 rings (SSSR count). The van der Waals surface area contributed by atoms with Crippen LogP contribution in [0.3, 0.4) is 0 Å². The first-order chi connectivity index (χ1) is 33.9. The number of anilines is 2. The van der Waals surface area contributed by atoms with Crippen LogP contribution in [0.1, 0.15) is 69.0 Å². The number of carbonyl (C=O) groups is 4. The van der Waals surface area contributed by atoms with Crippen molar-refractivity contribution in [2.75, 3.05) is 63.2 Å². The monoisotopic (exact) mass is 940 g/mol. The highest BCUT2D eigenvalue weighted by Gasteiger charge is 2.38. The highest BCUT2D eigenvalue weighted by molar-refractivity contribution is 6.04. The molecule has 1 fully saturated rings. The lowest BCUT2D eigenvalue weighted by atomic mass is 10.1. The molecule has 70 heavy (non-hydrogen) atoms. The second-order valence-electron chi connectivity index (χ2n) is 17.4. The van der Waals surface area contributed by atoms with Crippen LogP contribution < -0.4 is 29.9 Å². The van der Waals surface area contributed by atoms with Crippen LogP contribution in [0.2, 0.25) is 0 Å². The third kappa shape index (κ3) is 10.8. The number of ether oxygens (including phenoxy) is 2. The van der Waals surface area contributed by atoms with Gasteiger partial charge in [0.2, 0.25) is 11.6 Å². The van der Waals surface area contributed by atoms with Gasteiger partial charge in [0.1, 0.15) is 47.4 Å². The maximum Gasteiger partial charge on any atom is 0.291 e. The fourth-order valence-electron chi connectivity index (χ4n) is 8.42. The van der Waals surface area contributed by atoms with E-state index in [-0.39, 0.29) is 23.5 Å². The van der Waals surface area contributed by atoms with Crippen LogP contribution >= 0.6 is 0 Å². The van der Waals surface area contributed by atoms with Gasteiger partial charge in [-0.25, -0.2) is 9.97 Å². The highest BCUT2D eigenvalue weighted by atomic mass is 16.5. The van der Waals surface area contributed by atoms with Crippen LogP contribution in [-0.2, 0) is 22.4 Å². The summed E-state index contributed by atoms with van der Waals surface area (Å²) in [4.78, 5) is 70.1. The zero-order valence-corrected chi connectivity index (χ0v) is 39.2. The number of nitrogens with one attached hydrogen (secondary N) is 4. The maximum atomic E-state index is 13.7. The van der Waals surface area contributed by atoms with E-state index in [4.69, 9.17) is 9.47 Å². The summed E-state index contributed by atoms with van der Waals surface area (Å²) in [5.41, 5.74) is 4.62. The van der Waals surface area contributed by atoms with Crippen LogP contribution in [0, 0.1) is 23.7 Å². The van der Waals surface area contributed by atoms with E-state index in [0.717, 1.165) is 48.4 Å². The van der Waals surface area contributed by atoms with Gasteiger partial charge in [-0.3, -0.25) is 39.2 Å². The van der Waals surface area contributed by atoms with Crippen LogP contribution in [0.15, 0.2) is 97.1 Å². The Morgan fingerprint density at radius 3 is 1.41 bits per heavy atom. The molecule has 5 heterocycles. The van der Waals surface area contributed by atoms with Crippen molar-refractivity contribution < 1.29 is 28.7 Å². The van der Waals surface area contributed by atoms with E-state index in [9.17, 15) is 19.2 Å². The molecule has 4 amide bonds. The lowest BCUT2D eigenvalue weighted by Gasteiger charge is -2.32. The minimum absolute atomic E-state index is 0.0559. The van der Waals surface area contributed by atoms with Gasteiger partial charge in [0.05, 0.1) is 24.5 Å². The summed E-state index contributed by atoms with van der Waals surface area (Å²) < 4.78 is 12.4. The van der Waals surface area contributed by atoms with Crippen LogP contribution in [0.5, 0.6) is 11.5 Å². The van der Waals surface area contributed by atoms with Gasteiger partial charge in [-0.05, 0) is 61.4 Å². The smallest absolute Gasteiger partial charge is 0.291 e. The van der Waals surface area contributed by atoms with Gasteiger partial charge in [-0.15, -0.1) is 10.2 Å². The third-order valence-electron chi connectivity index (χ3n) is 12.4. The number of benzene rings is 4. The van der Waals surface area contributed by atoms with Gasteiger partial charge in [-0.1, -0.05) is 84.3 Å². The number of nitrogens with zero attached hydrogens (tertiary/aromatic N) is 8. The molecule has 0 saturated carbocycles. The standard InChI is InChI=1S/C52H52N12O6/c1-33-45(55-49(65)47-53-43(57-59-47)31-35-13-7-5-8-14-35)51(67)61(3)39-29-37(19-21-41(39)69-33)17-11-23-63-25-27-64(28-26-63)24-12-18-38-20-22-42-40(30-38)62(4)52(68)46(34(2)70-42)56-50(66)48-54-44(58-60-48)32-36-15-9-6-10-16-36/h5-10,13-16,19-22,29-30,33-34,45-46H,23-28,31-32H2,1-4H3,(H,55,65)(H,56,66)(H,53,57,59)(H,54,58,60)/t33-,34-,45-,46-/m0/s1. The second kappa shape index (κ2) is 20.9. The third-order valence-corrected chi connectivity index (χ3v) is 12.4. The van der Waals surface area contributed by atoms with E-state index in [1.165, 1.54) is 9.80 Å². The van der Waals surface area contributed by atoms with E-state index in [1.807, 2.05) is 84.9 Å². The van der Waals surface area contributed by atoms with Crippen molar-refractivity contribution in [1.82, 2.24) is 50.8 Å². The van der Waals surface area contributed by atoms with Crippen molar-refractivity contribution in [3.8, 4) is 35.2 Å². The molecular weight excluding hydrogens is 889 g/mol. The second-order valence-corrected chi connectivity index (χ2v) is 17.4. The first-order valence-corrected chi connectivity index (χ1v) is 23.1. The molecule has 0 spiro atoms. The Hall–Kier alpha value is -8.32. The van der Waals surface area contributed by atoms with E-state index in [1.54, 1.807) is 40.1 Å². The number of amides is 4. The van der Waals surface area contributed by atoms with E-state index in [0.29, 0.717) is 60.5 Å². The van der Waals surface area contributed by atoms with Crippen molar-refractivity contribution in [1.29, 1.82) is 0 Å². The minimum Gasteiger partial charge on any atom is -0.486 e. The molecule has 4 aromatic carbocycles. The summed E-state index contributed by atoms with van der Waals surface area (Å²) in [7, 11) is 3.31. The summed E-state index contributed by atoms with van der Waals surface area (Å²) in [6.07, 6.45) is -0.373. The fourth-order valence-corrected chi connectivity index (χ4v) is 8.42. The molecular formula is C52H52N12O6. The van der Waals surface area contributed by atoms with Crippen LogP contribution in [0.4, 0.5) is 11.4 Å². The molecule has 18 heteroatoms. The Morgan fingerprint density at radius 1 is 0.614 bits per heavy atom. The number of carbonyl (C=O) groups excluding carboxylic acids is 4. The molecule has 3 aliphatic heterocycles. The number of hydrogen-bond donors (Lipinski definition) is 4. The molecule has 4 atom stereocenters. The number of piperazine rings is 1. The Balaban J connectivity index is 0.739. The van der Waals surface area contributed by atoms with Gasteiger partial charge in [-0.2, -0.15) is 0 Å². The van der Waals surface area contributed by atoms with Gasteiger partial charge in [0.25, 0.3) is 23.6 Å². The van der Waals surface area contributed by atoms with Crippen molar-refractivity contribution >= 4 is 35.0 Å². The molecule has 3 aliphatic rings. The number of hydrogen-bond acceptors (Lipinski definition) is 12. The molecule has 18 nitrogen and oxygen atoms in total. The summed E-state index contributed by atoms with van der Waals surface area (Å²) in [6, 6.07) is 28.5. The molecule has 4 N–H and O–H groups in total. The first-order valence-electron chi connectivity index (χ1n) is 23.1. The Morgan fingerprint density at radius 2 is 1.01 bits per heavy atom. The fraction of sp³-hybridized carbons (Fsp3) is 0.308. The zero-order valence-electron chi connectivity index (χ0n) is 39.2. The molecule has 0 bridgehead atoms. The van der Waals surface area contributed by atoms with E-state index < -0.39 is 36.1 Å². The number of H-pyrrole nitrogens is 2. The molecule has 0 aliphatic carbocycles. The predicted molar refractivity (Wildman–Crippen MR) is 260 cm³/mol. The van der Waals surface area contributed by atoms with Crippen LogP contribution in [-0.4, -0.2) is 141 Å². The Kier molecular flexibility index (Phi) is 14.0. The average Bonchev–Trinajstić information content (AvgIpc) is 4.02. The molecule has 356 valence electrons. The molecule has 2 aromatic heterocycles. The van der Waals surface area contributed by atoms with Crippen molar-refractivity contribution in [2.45, 2.75) is 51.0 Å². The van der Waals surface area contributed by atoms with Crippen molar-refractivity contribution in [3.63, 3.8) is 0 Å². The quantitative estimate of drug-likeness (QED) is 0.146. The minimum atomic E-state index is -0.980. The molecule has 6 aromatic rings. The van der Waals surface area contributed by atoms with Gasteiger partial charge in [0.15, 0.2) is 0 Å². The number of likely N-dealkylation sites (N-methyl/N-ethyl adjacent to an activating group) is 2. The lowest BCUT2D eigenvalue weighted by Crippen LogP contribution is -2.53. The summed E-state index contributed by atoms with van der Waals surface area (Å²) in [5, 5.41) is 19.4. The van der Waals surface area contributed by atoms with E-state index in [2.05, 4.69) is 74.5 Å². The zero-order chi connectivity index (χ0) is 48.7. The largest absolute Gasteiger partial charge is 0.486 e. The topological polar surface area (TPSA) is 207 Å². The summed E-state index contributed by atoms with van der Waals surface area (Å²) in [6.45, 7) is 7.92. The van der Waals surface area contributed by atoms with Crippen molar-refractivity contribution in [2.24, 2.45) is 0 Å². The van der Waals surface area contributed by atoms with Crippen LogP contribution in [0.25, 0.3) is 0 Å². The van der Waals surface area contributed by atoms with E-state index >= 15 is 0 Å². The molecule has 0 radical (unpaired) electrons. The van der Waals surface area contributed by atoms with Gasteiger partial charge < -0.3 is 29.9 Å². The summed E-state index contributed by atoms with van der Waals surface area (Å²) >= 11 is 0. The van der Waals surface area contributed by atoms with Gasteiger partial charge >= 0.3 is 0 Å². The molecule has 0 unspecified atom stereocenters. The average molecular weight is 941 g/mol. The maximum absolute atomic E-state index is 13.7. The number of fused-ring (bicyclic) bond motifs is 2. The molecule has 1 saturated heterocycles. The first kappa shape index (κ1) is 46.8. The SMILES string of the molecule is C[C@@H]1Oc2ccc(C#CCN3CCN(CC#Cc4ccc5c(c4)N(C)C(=O)[C@@H](NC(=O)c4n[nH]c(Cc6ccccc6)n4)[C@H](C)O5)CC3)cc2N(C)C(=O)[C@H]1NC(=O)c1n[nH]c(Cc2ccccc2)n1. The highest BCUT2D eigenvalue weighted by Crippen LogP contribution is 2.35. The number of aromatic amines is 2. The Bertz CT molecular complexity index is 2810.